The second kappa shape index (κ2) is 7.35. The third-order valence-corrected chi connectivity index (χ3v) is 3.27. The summed E-state index contributed by atoms with van der Waals surface area (Å²) in [5.74, 6) is 0.214. The van der Waals surface area contributed by atoms with Crippen molar-refractivity contribution in [2.24, 2.45) is 5.10 Å². The van der Waals surface area contributed by atoms with Crippen LogP contribution in [0.1, 0.15) is 25.1 Å². The van der Waals surface area contributed by atoms with E-state index in [1.54, 1.807) is 13.1 Å². The van der Waals surface area contributed by atoms with Crippen LogP contribution in [0, 0.1) is 6.92 Å². The summed E-state index contributed by atoms with van der Waals surface area (Å²) < 4.78 is 0. The summed E-state index contributed by atoms with van der Waals surface area (Å²) in [5, 5.41) is 11.5. The molecule has 0 saturated heterocycles. The van der Waals surface area contributed by atoms with Crippen molar-refractivity contribution in [2.75, 3.05) is 23.4 Å². The van der Waals surface area contributed by atoms with Gasteiger partial charge in [0.1, 0.15) is 5.69 Å². The molecular weight excluding hydrogens is 280 g/mol. The monoisotopic (exact) mass is 300 g/mol. The van der Waals surface area contributed by atoms with Crippen LogP contribution in [0.15, 0.2) is 34.2 Å². The Kier molecular flexibility index (Phi) is 5.24. The van der Waals surface area contributed by atoms with Gasteiger partial charge in [-0.05, 0) is 38.5 Å². The minimum atomic E-state index is -0.281. The Balaban J connectivity index is 2.01. The second-order valence-electron chi connectivity index (χ2n) is 4.72. The molecule has 1 aromatic carbocycles. The fourth-order valence-electron chi connectivity index (χ4n) is 1.97. The molecule has 2 N–H and O–H groups in total. The number of H-pyrrole nitrogens is 1. The molecule has 22 heavy (non-hydrogen) atoms. The quantitative estimate of drug-likeness (QED) is 0.627. The molecule has 7 nitrogen and oxygen atoms in total. The molecule has 7 heteroatoms. The smallest absolute Gasteiger partial charge is 0.274 e. The fraction of sp³-hybridized carbons (Fsp3) is 0.333. The fourth-order valence-corrected chi connectivity index (χ4v) is 1.97. The number of hydrazone groups is 1. The number of aryl methyl sites for hydroxylation is 1. The first kappa shape index (κ1) is 15.7. The summed E-state index contributed by atoms with van der Waals surface area (Å²) in [6, 6.07) is 8.09. The Labute approximate surface area is 129 Å². The number of aromatic amines is 1. The van der Waals surface area contributed by atoms with Gasteiger partial charge >= 0.3 is 0 Å². The molecule has 0 aliphatic rings. The third kappa shape index (κ3) is 3.91. The van der Waals surface area contributed by atoms with Crippen molar-refractivity contribution in [1.29, 1.82) is 0 Å². The molecule has 0 unspecified atom stereocenters. The lowest BCUT2D eigenvalue weighted by Gasteiger charge is -2.20. The number of hydrogen-bond donors (Lipinski definition) is 2. The van der Waals surface area contributed by atoms with E-state index in [2.05, 4.69) is 56.6 Å². The van der Waals surface area contributed by atoms with Crippen LogP contribution in [0.5, 0.6) is 0 Å². The van der Waals surface area contributed by atoms with Gasteiger partial charge in [0.25, 0.3) is 5.56 Å². The standard InChI is InChI=1S/C15H20N6O/c1-4-21(5-2)13-8-6-12(7-9-13)10-16-19-15-17-14(22)11(3)18-20-15/h6-10H,4-5H2,1-3H3,(H2,17,19,20,22)/b16-10-. The van der Waals surface area contributed by atoms with Crippen molar-refractivity contribution < 1.29 is 0 Å². The van der Waals surface area contributed by atoms with Crippen LogP contribution >= 0.6 is 0 Å². The Morgan fingerprint density at radius 3 is 2.50 bits per heavy atom. The number of rotatable bonds is 6. The van der Waals surface area contributed by atoms with Crippen LogP contribution in [0.4, 0.5) is 11.6 Å². The van der Waals surface area contributed by atoms with E-state index in [1.165, 1.54) is 5.69 Å². The van der Waals surface area contributed by atoms with Gasteiger partial charge in [-0.15, -0.1) is 10.2 Å². The van der Waals surface area contributed by atoms with Gasteiger partial charge in [0.05, 0.1) is 6.21 Å². The van der Waals surface area contributed by atoms with Crippen molar-refractivity contribution in [3.05, 3.63) is 45.9 Å². The molecule has 0 spiro atoms. The Morgan fingerprint density at radius 2 is 1.91 bits per heavy atom. The average Bonchev–Trinajstić information content (AvgIpc) is 2.53. The molecule has 0 fully saturated rings. The molecule has 116 valence electrons. The van der Waals surface area contributed by atoms with Gasteiger partial charge in [-0.2, -0.15) is 5.10 Å². The average molecular weight is 300 g/mol. The van der Waals surface area contributed by atoms with Gasteiger partial charge in [-0.3, -0.25) is 9.78 Å². The molecule has 0 bridgehead atoms. The normalized spacial score (nSPS) is 10.9. The van der Waals surface area contributed by atoms with Gasteiger partial charge in [0, 0.05) is 18.8 Å². The molecule has 0 aliphatic heterocycles. The van der Waals surface area contributed by atoms with E-state index in [-0.39, 0.29) is 11.5 Å². The van der Waals surface area contributed by atoms with Crippen LogP contribution in [0.3, 0.4) is 0 Å². The first-order valence-electron chi connectivity index (χ1n) is 7.21. The second-order valence-corrected chi connectivity index (χ2v) is 4.72. The number of anilines is 2. The molecular formula is C15H20N6O. The SMILES string of the molecule is CCN(CC)c1ccc(/C=N\Nc2nnc(C)c(=O)[nH]2)cc1. The Bertz CT molecular complexity index is 688. The highest BCUT2D eigenvalue weighted by Gasteiger charge is 2.00. The van der Waals surface area contributed by atoms with Crippen molar-refractivity contribution in [1.82, 2.24) is 15.2 Å². The number of benzene rings is 1. The molecule has 0 aliphatic carbocycles. The van der Waals surface area contributed by atoms with Crippen LogP contribution in [-0.4, -0.2) is 34.5 Å². The van der Waals surface area contributed by atoms with E-state index >= 15 is 0 Å². The summed E-state index contributed by atoms with van der Waals surface area (Å²) in [5.41, 5.74) is 4.82. The maximum absolute atomic E-state index is 11.4. The van der Waals surface area contributed by atoms with Crippen molar-refractivity contribution in [3.63, 3.8) is 0 Å². The zero-order chi connectivity index (χ0) is 15.9. The van der Waals surface area contributed by atoms with Gasteiger partial charge in [-0.25, -0.2) is 5.43 Å². The maximum atomic E-state index is 11.4. The summed E-state index contributed by atoms with van der Waals surface area (Å²) in [4.78, 5) is 16.2. The predicted molar refractivity (Wildman–Crippen MR) is 88.6 cm³/mol. The number of hydrogen-bond acceptors (Lipinski definition) is 6. The zero-order valence-corrected chi connectivity index (χ0v) is 13.0. The lowest BCUT2D eigenvalue weighted by Crippen LogP contribution is -2.21. The third-order valence-electron chi connectivity index (χ3n) is 3.27. The Hall–Kier alpha value is -2.70. The van der Waals surface area contributed by atoms with Crippen molar-refractivity contribution in [3.8, 4) is 0 Å². The van der Waals surface area contributed by atoms with Crippen LogP contribution in [0.25, 0.3) is 0 Å². The minimum absolute atomic E-state index is 0.214. The van der Waals surface area contributed by atoms with Crippen molar-refractivity contribution in [2.45, 2.75) is 20.8 Å². The highest BCUT2D eigenvalue weighted by Crippen LogP contribution is 2.13. The molecule has 2 rings (SSSR count). The summed E-state index contributed by atoms with van der Waals surface area (Å²) >= 11 is 0. The lowest BCUT2D eigenvalue weighted by molar-refractivity contribution is 0.866. The van der Waals surface area contributed by atoms with Gasteiger partial charge in [-0.1, -0.05) is 12.1 Å². The first-order chi connectivity index (χ1) is 10.6. The van der Waals surface area contributed by atoms with E-state index in [0.29, 0.717) is 5.69 Å². The predicted octanol–water partition coefficient (Wildman–Crippen LogP) is 1.77. The highest BCUT2D eigenvalue weighted by molar-refractivity contribution is 5.80. The first-order valence-corrected chi connectivity index (χ1v) is 7.21. The van der Waals surface area contributed by atoms with E-state index in [9.17, 15) is 4.79 Å². The molecule has 1 heterocycles. The van der Waals surface area contributed by atoms with Crippen LogP contribution in [-0.2, 0) is 0 Å². The van der Waals surface area contributed by atoms with E-state index < -0.39 is 0 Å². The van der Waals surface area contributed by atoms with E-state index in [4.69, 9.17) is 0 Å². The lowest BCUT2D eigenvalue weighted by atomic mass is 10.2. The van der Waals surface area contributed by atoms with Gasteiger partial charge in [0.15, 0.2) is 0 Å². The largest absolute Gasteiger partial charge is 0.372 e. The van der Waals surface area contributed by atoms with Gasteiger partial charge in [0.2, 0.25) is 5.95 Å². The molecule has 0 atom stereocenters. The Morgan fingerprint density at radius 1 is 1.23 bits per heavy atom. The maximum Gasteiger partial charge on any atom is 0.274 e. The summed E-state index contributed by atoms with van der Waals surface area (Å²) in [6.45, 7) is 7.81. The molecule has 0 saturated carbocycles. The summed E-state index contributed by atoms with van der Waals surface area (Å²) in [6.07, 6.45) is 1.66. The number of aromatic nitrogens is 3. The van der Waals surface area contributed by atoms with Crippen LogP contribution < -0.4 is 15.9 Å². The van der Waals surface area contributed by atoms with Gasteiger partial charge < -0.3 is 4.90 Å². The van der Waals surface area contributed by atoms with E-state index in [1.807, 2.05) is 12.1 Å². The van der Waals surface area contributed by atoms with E-state index in [0.717, 1.165) is 18.7 Å². The molecule has 0 amide bonds. The molecule has 0 radical (unpaired) electrons. The highest BCUT2D eigenvalue weighted by atomic mass is 16.1. The van der Waals surface area contributed by atoms with Crippen molar-refractivity contribution >= 4 is 17.9 Å². The number of nitrogens with one attached hydrogen (secondary N) is 2. The summed E-state index contributed by atoms with van der Waals surface area (Å²) in [7, 11) is 0. The molecule has 2 aromatic rings. The van der Waals surface area contributed by atoms with Crippen LogP contribution in [0.2, 0.25) is 0 Å². The number of nitrogens with zero attached hydrogens (tertiary/aromatic N) is 4. The topological polar surface area (TPSA) is 86.3 Å². The molecule has 1 aromatic heterocycles. The minimum Gasteiger partial charge on any atom is -0.372 e. The zero-order valence-electron chi connectivity index (χ0n) is 13.0.